The fraction of sp³-hybridized carbons (Fsp3) is 0.571. The molecule has 5 atom stereocenters. The van der Waals surface area contributed by atoms with Crippen LogP contribution >= 0.6 is 0 Å². The minimum Gasteiger partial charge on any atom is -0.490 e. The first kappa shape index (κ1) is 17.1. The van der Waals surface area contributed by atoms with Gasteiger partial charge in [0.05, 0.1) is 6.61 Å². The number of piperidine rings is 1. The van der Waals surface area contributed by atoms with Crippen LogP contribution in [0.1, 0.15) is 30.4 Å². The number of benzene rings is 1. The van der Waals surface area contributed by atoms with Gasteiger partial charge in [-0.15, -0.1) is 0 Å². The van der Waals surface area contributed by atoms with Crippen molar-refractivity contribution in [3.05, 3.63) is 35.4 Å². The number of likely N-dealkylation sites (tertiary alicyclic amines) is 1. The van der Waals surface area contributed by atoms with Gasteiger partial charge in [0.2, 0.25) is 0 Å². The van der Waals surface area contributed by atoms with Crippen LogP contribution in [0.4, 0.5) is 0 Å². The van der Waals surface area contributed by atoms with Crippen LogP contribution in [0, 0.1) is 5.92 Å². The third-order valence-corrected chi connectivity index (χ3v) is 6.93. The zero-order chi connectivity index (χ0) is 18.8. The molecule has 2 heterocycles. The first-order chi connectivity index (χ1) is 13.0. The number of nitrogens with zero attached hydrogens (tertiary/aromatic N) is 1. The molecule has 0 unspecified atom stereocenters. The summed E-state index contributed by atoms with van der Waals surface area (Å²) >= 11 is 0. The minimum absolute atomic E-state index is 0.0897. The predicted octanol–water partition coefficient (Wildman–Crippen LogP) is 1.74. The topological polar surface area (TPSA) is 79.2 Å². The fourth-order valence-corrected chi connectivity index (χ4v) is 5.75. The van der Waals surface area contributed by atoms with E-state index in [9.17, 15) is 9.90 Å². The van der Waals surface area contributed by atoms with E-state index < -0.39 is 12.1 Å². The van der Waals surface area contributed by atoms with E-state index in [-0.39, 0.29) is 17.9 Å². The van der Waals surface area contributed by atoms with Gasteiger partial charge >= 0.3 is 5.97 Å². The van der Waals surface area contributed by atoms with Crippen molar-refractivity contribution in [1.29, 1.82) is 0 Å². The summed E-state index contributed by atoms with van der Waals surface area (Å²) in [5.41, 5.74) is 2.33. The van der Waals surface area contributed by atoms with Gasteiger partial charge in [0, 0.05) is 29.4 Å². The summed E-state index contributed by atoms with van der Waals surface area (Å²) in [6.45, 7) is 1.33. The summed E-state index contributed by atoms with van der Waals surface area (Å²) in [5.74, 6) is 0.958. The molecule has 6 nitrogen and oxygen atoms in total. The number of carbonyl (C=O) groups is 1. The molecule has 0 aromatic heterocycles. The van der Waals surface area contributed by atoms with Crippen LogP contribution in [-0.2, 0) is 16.6 Å². The molecule has 0 amide bonds. The first-order valence-corrected chi connectivity index (χ1v) is 9.76. The van der Waals surface area contributed by atoms with Crippen molar-refractivity contribution >= 4 is 5.97 Å². The van der Waals surface area contributed by atoms with Gasteiger partial charge in [0.25, 0.3) is 0 Å². The Labute approximate surface area is 158 Å². The lowest BCUT2D eigenvalue weighted by molar-refractivity contribution is -0.137. The maximum atomic E-state index is 10.7. The highest BCUT2D eigenvalue weighted by Gasteiger charge is 2.64. The SMILES string of the molecule is CN1CC[C@]23c4c5ccc(OCCCC(=O)O)c4O[C@H]2[C@@H](O)C=C[C@H]3[C@H]1C5. The summed E-state index contributed by atoms with van der Waals surface area (Å²) < 4.78 is 12.3. The molecule has 1 saturated heterocycles. The second-order valence-electron chi connectivity index (χ2n) is 8.25. The Morgan fingerprint density at radius 1 is 1.41 bits per heavy atom. The minimum atomic E-state index is -0.816. The standard InChI is InChI=1S/C21H25NO5/c1-22-9-8-21-13-5-6-15(23)20(21)27-19-16(26-10-2-3-17(24)25)7-4-12(18(19)21)11-14(13)22/h4-7,13-15,20,23H,2-3,8-11H2,1H3,(H,24,25)/t13-,14+,15-,20-,21-/m0/s1. The van der Waals surface area contributed by atoms with Gasteiger partial charge in [-0.1, -0.05) is 18.2 Å². The lowest BCUT2D eigenvalue weighted by Crippen LogP contribution is -2.64. The number of carboxylic acid groups (broad SMARTS) is 1. The molecule has 1 aromatic rings. The van der Waals surface area contributed by atoms with E-state index in [2.05, 4.69) is 24.1 Å². The van der Waals surface area contributed by atoms with Gasteiger partial charge in [0.15, 0.2) is 11.5 Å². The van der Waals surface area contributed by atoms with Crippen molar-refractivity contribution in [2.75, 3.05) is 20.2 Å². The second kappa shape index (κ2) is 5.97. The number of hydrogen-bond acceptors (Lipinski definition) is 5. The van der Waals surface area contributed by atoms with Gasteiger partial charge < -0.3 is 24.6 Å². The van der Waals surface area contributed by atoms with E-state index >= 15 is 0 Å². The fourth-order valence-electron chi connectivity index (χ4n) is 5.75. The average molecular weight is 371 g/mol. The number of hydrogen-bond donors (Lipinski definition) is 2. The van der Waals surface area contributed by atoms with Crippen LogP contribution in [-0.4, -0.2) is 59.5 Å². The van der Waals surface area contributed by atoms with Gasteiger partial charge in [-0.05, 0) is 44.5 Å². The van der Waals surface area contributed by atoms with Crippen LogP contribution < -0.4 is 9.47 Å². The van der Waals surface area contributed by atoms with Gasteiger partial charge in [-0.2, -0.15) is 0 Å². The Hall–Kier alpha value is -2.05. The molecule has 2 N–H and O–H groups in total. The summed E-state index contributed by atoms with van der Waals surface area (Å²) in [5, 5.41) is 19.5. The highest BCUT2D eigenvalue weighted by atomic mass is 16.5. The quantitative estimate of drug-likeness (QED) is 0.606. The number of rotatable bonds is 5. The summed E-state index contributed by atoms with van der Waals surface area (Å²) in [6, 6.07) is 4.50. The molecular weight excluding hydrogens is 346 g/mol. The molecule has 27 heavy (non-hydrogen) atoms. The molecule has 1 spiro atoms. The van der Waals surface area contributed by atoms with E-state index in [1.165, 1.54) is 11.1 Å². The maximum absolute atomic E-state index is 10.7. The molecule has 0 saturated carbocycles. The molecule has 144 valence electrons. The lowest BCUT2D eigenvalue weighted by atomic mass is 9.53. The number of likely N-dealkylation sites (N-methyl/N-ethyl adjacent to an activating group) is 1. The van der Waals surface area contributed by atoms with Gasteiger partial charge in [-0.3, -0.25) is 4.79 Å². The van der Waals surface area contributed by atoms with Crippen molar-refractivity contribution in [2.45, 2.75) is 49.3 Å². The Morgan fingerprint density at radius 3 is 3.07 bits per heavy atom. The van der Waals surface area contributed by atoms with Crippen LogP contribution in [0.5, 0.6) is 11.5 Å². The molecule has 6 heteroatoms. The number of carboxylic acids is 1. The van der Waals surface area contributed by atoms with Crippen molar-refractivity contribution < 1.29 is 24.5 Å². The molecule has 1 fully saturated rings. The summed E-state index contributed by atoms with van der Waals surface area (Å²) in [7, 11) is 2.19. The lowest BCUT2D eigenvalue weighted by Gasteiger charge is -2.56. The Balaban J connectivity index is 1.55. The third kappa shape index (κ3) is 2.29. The molecular formula is C21H25NO5. The highest BCUT2D eigenvalue weighted by Crippen LogP contribution is 2.62. The normalized spacial score (nSPS) is 35.5. The smallest absolute Gasteiger partial charge is 0.303 e. The molecule has 1 aromatic carbocycles. The van der Waals surface area contributed by atoms with Crippen molar-refractivity contribution in [3.63, 3.8) is 0 Å². The number of aliphatic hydroxyl groups is 1. The zero-order valence-electron chi connectivity index (χ0n) is 15.4. The van der Waals surface area contributed by atoms with E-state index in [1.807, 2.05) is 12.1 Å². The van der Waals surface area contributed by atoms with Gasteiger partial charge in [0.1, 0.15) is 12.2 Å². The monoisotopic (exact) mass is 371 g/mol. The van der Waals surface area contributed by atoms with Crippen molar-refractivity contribution in [2.24, 2.45) is 5.92 Å². The Morgan fingerprint density at radius 2 is 2.26 bits per heavy atom. The second-order valence-corrected chi connectivity index (χ2v) is 8.25. The van der Waals surface area contributed by atoms with Crippen LogP contribution in [0.25, 0.3) is 0 Å². The predicted molar refractivity (Wildman–Crippen MR) is 98.3 cm³/mol. The zero-order valence-corrected chi connectivity index (χ0v) is 15.4. The van der Waals surface area contributed by atoms with E-state index in [1.54, 1.807) is 0 Å². The highest BCUT2D eigenvalue weighted by molar-refractivity contribution is 5.66. The first-order valence-electron chi connectivity index (χ1n) is 9.76. The van der Waals surface area contributed by atoms with E-state index in [0.717, 1.165) is 25.1 Å². The molecule has 2 aliphatic heterocycles. The Kier molecular flexibility index (Phi) is 3.78. The van der Waals surface area contributed by atoms with Crippen LogP contribution in [0.3, 0.4) is 0 Å². The van der Waals surface area contributed by atoms with Crippen molar-refractivity contribution in [3.8, 4) is 11.5 Å². The molecule has 0 radical (unpaired) electrons. The molecule has 4 aliphatic rings. The van der Waals surface area contributed by atoms with Crippen LogP contribution in [0.2, 0.25) is 0 Å². The van der Waals surface area contributed by atoms with Crippen molar-refractivity contribution in [1.82, 2.24) is 4.90 Å². The summed E-state index contributed by atoms with van der Waals surface area (Å²) in [6.07, 6.45) is 5.67. The average Bonchev–Trinajstić information content (AvgIpc) is 2.99. The maximum Gasteiger partial charge on any atom is 0.303 e. The van der Waals surface area contributed by atoms with Gasteiger partial charge in [-0.25, -0.2) is 0 Å². The largest absolute Gasteiger partial charge is 0.490 e. The number of ether oxygens (including phenoxy) is 2. The van der Waals surface area contributed by atoms with E-state index in [4.69, 9.17) is 14.6 Å². The molecule has 2 bridgehead atoms. The van der Waals surface area contributed by atoms with Crippen LogP contribution in [0.15, 0.2) is 24.3 Å². The number of aliphatic carboxylic acids is 1. The van der Waals surface area contributed by atoms with E-state index in [0.29, 0.717) is 30.7 Å². The number of aliphatic hydroxyl groups excluding tert-OH is 1. The molecule has 2 aliphatic carbocycles. The summed E-state index contributed by atoms with van der Waals surface area (Å²) in [4.78, 5) is 13.2. The molecule has 5 rings (SSSR count). The third-order valence-electron chi connectivity index (χ3n) is 6.93. The Bertz CT molecular complexity index is 821.